The lowest BCUT2D eigenvalue weighted by molar-refractivity contribution is -0.135. The van der Waals surface area contributed by atoms with Gasteiger partial charge in [0.25, 0.3) is 5.91 Å². The number of thiazole rings is 1. The fourth-order valence-electron chi connectivity index (χ4n) is 2.36. The molecule has 0 saturated carbocycles. The minimum Gasteiger partial charge on any atom is -0.345 e. The van der Waals surface area contributed by atoms with E-state index in [4.69, 9.17) is 0 Å². The first-order valence-electron chi connectivity index (χ1n) is 7.00. The Labute approximate surface area is 133 Å². The lowest BCUT2D eigenvalue weighted by Gasteiger charge is -2.21. The summed E-state index contributed by atoms with van der Waals surface area (Å²) in [6, 6.07) is -1.07. The van der Waals surface area contributed by atoms with E-state index in [0.29, 0.717) is 6.54 Å². The first-order valence-corrected chi connectivity index (χ1v) is 7.88. The van der Waals surface area contributed by atoms with Crippen molar-refractivity contribution in [3.05, 3.63) is 16.1 Å². The van der Waals surface area contributed by atoms with E-state index in [0.717, 1.165) is 21.9 Å². The molecule has 1 aromatic heterocycles. The van der Waals surface area contributed by atoms with Gasteiger partial charge in [-0.05, 0) is 6.92 Å². The van der Waals surface area contributed by atoms with Crippen molar-refractivity contribution in [2.45, 2.75) is 25.8 Å². The second kappa shape index (κ2) is 6.43. The fraction of sp³-hybridized carbons (Fsp3) is 0.571. The summed E-state index contributed by atoms with van der Waals surface area (Å²) in [5.74, 6) is -0.469. The smallest absolute Gasteiger partial charge is 0.326 e. The number of carbonyl (C=O) groups is 3. The average molecular weight is 324 g/mol. The van der Waals surface area contributed by atoms with Gasteiger partial charge in [0.2, 0.25) is 5.91 Å². The Balaban J connectivity index is 1.90. The average Bonchev–Trinajstić information content (AvgIpc) is 2.98. The van der Waals surface area contributed by atoms with E-state index in [9.17, 15) is 14.4 Å². The van der Waals surface area contributed by atoms with Gasteiger partial charge in [0.1, 0.15) is 6.04 Å². The predicted octanol–water partition coefficient (Wildman–Crippen LogP) is 0.735. The van der Waals surface area contributed by atoms with E-state index in [1.807, 2.05) is 6.92 Å². The van der Waals surface area contributed by atoms with Crippen molar-refractivity contribution in [1.82, 2.24) is 19.7 Å². The molecule has 0 unspecified atom stereocenters. The predicted molar refractivity (Wildman–Crippen MR) is 82.5 cm³/mol. The Morgan fingerprint density at radius 2 is 2.09 bits per heavy atom. The van der Waals surface area contributed by atoms with Crippen LogP contribution in [0, 0.1) is 6.92 Å². The fourth-order valence-corrected chi connectivity index (χ4v) is 3.13. The van der Waals surface area contributed by atoms with Crippen molar-refractivity contribution >= 4 is 29.2 Å². The molecule has 120 valence electrons. The van der Waals surface area contributed by atoms with E-state index < -0.39 is 6.04 Å². The number of amides is 4. The lowest BCUT2D eigenvalue weighted by atomic mass is 10.1. The molecule has 0 spiro atoms. The number of likely N-dealkylation sites (N-methyl/N-ethyl adjacent to an activating group) is 3. The monoisotopic (exact) mass is 324 g/mol. The van der Waals surface area contributed by atoms with Crippen LogP contribution in [-0.4, -0.2) is 71.3 Å². The summed E-state index contributed by atoms with van der Waals surface area (Å²) in [6.07, 6.45) is 0.760. The van der Waals surface area contributed by atoms with Crippen LogP contribution in [0.3, 0.4) is 0 Å². The highest BCUT2D eigenvalue weighted by Crippen LogP contribution is 2.18. The third kappa shape index (κ3) is 3.11. The maximum atomic E-state index is 12.3. The molecular weight excluding hydrogens is 304 g/mol. The first kappa shape index (κ1) is 16.4. The molecule has 0 radical (unpaired) electrons. The normalized spacial score (nSPS) is 18.3. The van der Waals surface area contributed by atoms with Crippen LogP contribution in [0.4, 0.5) is 4.79 Å². The Morgan fingerprint density at radius 1 is 1.41 bits per heavy atom. The number of nitrogens with zero attached hydrogens (tertiary/aromatic N) is 4. The Morgan fingerprint density at radius 3 is 2.59 bits per heavy atom. The summed E-state index contributed by atoms with van der Waals surface area (Å²) >= 11 is 1.57. The van der Waals surface area contributed by atoms with Crippen LogP contribution in [0.25, 0.3) is 0 Å². The number of hydrogen-bond donors (Lipinski definition) is 0. The van der Waals surface area contributed by atoms with Gasteiger partial charge < -0.3 is 9.80 Å². The summed E-state index contributed by atoms with van der Waals surface area (Å²) in [5, 5.41) is 0. The van der Waals surface area contributed by atoms with Crippen molar-refractivity contribution in [2.24, 2.45) is 0 Å². The van der Waals surface area contributed by atoms with Gasteiger partial charge >= 0.3 is 6.03 Å². The number of rotatable bonds is 5. The molecule has 0 N–H and O–H groups in total. The van der Waals surface area contributed by atoms with Crippen LogP contribution in [0.5, 0.6) is 0 Å². The van der Waals surface area contributed by atoms with E-state index >= 15 is 0 Å². The molecule has 8 heteroatoms. The number of carbonyl (C=O) groups excluding carboxylic acids is 3. The van der Waals surface area contributed by atoms with Gasteiger partial charge in [-0.3, -0.25) is 14.5 Å². The van der Waals surface area contributed by atoms with Crippen molar-refractivity contribution in [2.75, 3.05) is 27.7 Å². The summed E-state index contributed by atoms with van der Waals surface area (Å²) in [7, 11) is 4.69. The zero-order valence-corrected chi connectivity index (χ0v) is 14.0. The van der Waals surface area contributed by atoms with Crippen molar-refractivity contribution in [1.29, 1.82) is 0 Å². The summed E-state index contributed by atoms with van der Waals surface area (Å²) in [6.45, 7) is 2.51. The zero-order valence-electron chi connectivity index (χ0n) is 13.2. The highest BCUT2D eigenvalue weighted by molar-refractivity contribution is 7.09. The molecule has 0 aromatic carbocycles. The quantitative estimate of drug-likeness (QED) is 0.749. The van der Waals surface area contributed by atoms with Gasteiger partial charge in [0.05, 0.1) is 17.6 Å². The van der Waals surface area contributed by atoms with Gasteiger partial charge in [-0.2, -0.15) is 0 Å². The third-order valence-corrected chi connectivity index (χ3v) is 4.98. The highest BCUT2D eigenvalue weighted by Gasteiger charge is 2.42. The van der Waals surface area contributed by atoms with Crippen molar-refractivity contribution in [3.63, 3.8) is 0 Å². The van der Waals surface area contributed by atoms with Crippen LogP contribution < -0.4 is 0 Å². The number of hydrogen-bond acceptors (Lipinski definition) is 5. The van der Waals surface area contributed by atoms with E-state index in [-0.39, 0.29) is 24.3 Å². The molecule has 1 aliphatic rings. The Bertz CT molecular complexity index is 601. The van der Waals surface area contributed by atoms with Gasteiger partial charge in [-0.25, -0.2) is 9.78 Å². The summed E-state index contributed by atoms with van der Waals surface area (Å²) < 4.78 is 0. The largest absolute Gasteiger partial charge is 0.345 e. The molecule has 1 aromatic rings. The minimum absolute atomic E-state index is 0.0174. The zero-order chi connectivity index (χ0) is 16.4. The lowest BCUT2D eigenvalue weighted by Crippen LogP contribution is -2.38. The molecule has 0 aliphatic carbocycles. The van der Waals surface area contributed by atoms with Gasteiger partial charge in [-0.1, -0.05) is 0 Å². The minimum atomic E-state index is -0.697. The highest BCUT2D eigenvalue weighted by atomic mass is 32.1. The molecule has 2 rings (SSSR count). The van der Waals surface area contributed by atoms with Crippen LogP contribution in [0.2, 0.25) is 0 Å². The molecular formula is C14H20N4O3S. The number of aryl methyl sites for hydroxylation is 1. The summed E-state index contributed by atoms with van der Waals surface area (Å²) in [5.41, 5.74) is 2.78. The molecule has 0 bridgehead atoms. The number of aromatic nitrogens is 1. The van der Waals surface area contributed by atoms with Gasteiger partial charge in [0, 0.05) is 39.0 Å². The van der Waals surface area contributed by atoms with Gasteiger partial charge in [0.15, 0.2) is 0 Å². The van der Waals surface area contributed by atoms with E-state index in [2.05, 4.69) is 4.98 Å². The SMILES string of the molecule is Cc1ncsc1CCN(C)C(=O)C[C@H]1C(=O)N(C)C(=O)N1C. The number of imide groups is 1. The maximum Gasteiger partial charge on any atom is 0.326 e. The Kier molecular flexibility index (Phi) is 4.80. The molecule has 1 aliphatic heterocycles. The van der Waals surface area contributed by atoms with Crippen LogP contribution in [0.15, 0.2) is 5.51 Å². The molecule has 7 nitrogen and oxygen atoms in total. The molecule has 4 amide bonds. The molecule has 1 saturated heterocycles. The van der Waals surface area contributed by atoms with E-state index in [1.54, 1.807) is 35.8 Å². The standard InChI is InChI=1S/C14H20N4O3S/c1-9-11(22-8-15-9)5-6-16(2)12(19)7-10-13(20)18(4)14(21)17(10)3/h8,10H,5-7H2,1-4H3/t10-/m0/s1. The first-order chi connectivity index (χ1) is 10.3. The Hall–Kier alpha value is -1.96. The second-order valence-corrected chi connectivity index (χ2v) is 6.38. The molecule has 1 atom stereocenters. The summed E-state index contributed by atoms with van der Waals surface area (Å²) in [4.78, 5) is 45.2. The van der Waals surface area contributed by atoms with Crippen LogP contribution in [-0.2, 0) is 16.0 Å². The maximum absolute atomic E-state index is 12.3. The second-order valence-electron chi connectivity index (χ2n) is 5.44. The topological polar surface area (TPSA) is 73.8 Å². The third-order valence-electron chi connectivity index (χ3n) is 3.98. The molecule has 22 heavy (non-hydrogen) atoms. The molecule has 1 fully saturated rings. The van der Waals surface area contributed by atoms with Gasteiger partial charge in [-0.15, -0.1) is 11.3 Å². The number of urea groups is 1. The van der Waals surface area contributed by atoms with E-state index in [1.165, 1.54) is 11.9 Å². The van der Waals surface area contributed by atoms with Crippen molar-refractivity contribution in [3.8, 4) is 0 Å². The molecule has 2 heterocycles. The van der Waals surface area contributed by atoms with Crippen LogP contribution in [0.1, 0.15) is 17.0 Å². The van der Waals surface area contributed by atoms with Crippen molar-refractivity contribution < 1.29 is 14.4 Å². The van der Waals surface area contributed by atoms with Crippen LogP contribution >= 0.6 is 11.3 Å².